The maximum absolute atomic E-state index is 11.9. The van der Waals surface area contributed by atoms with Gasteiger partial charge in [-0.3, -0.25) is 14.9 Å². The third-order valence-electron chi connectivity index (χ3n) is 3.33. The van der Waals surface area contributed by atoms with Crippen molar-refractivity contribution in [1.82, 2.24) is 5.32 Å². The molecule has 0 radical (unpaired) electrons. The maximum atomic E-state index is 11.9. The van der Waals surface area contributed by atoms with Crippen LogP contribution in [0.4, 0.5) is 5.69 Å². The Morgan fingerprint density at radius 2 is 1.75 bits per heavy atom. The second-order valence-corrected chi connectivity index (χ2v) is 5.05. The van der Waals surface area contributed by atoms with Crippen molar-refractivity contribution in [3.05, 3.63) is 75.8 Å². The number of nitrogens with zero attached hydrogens (tertiary/aromatic N) is 1. The van der Waals surface area contributed by atoms with Crippen molar-refractivity contribution in [1.29, 1.82) is 0 Å². The van der Waals surface area contributed by atoms with E-state index in [0.29, 0.717) is 0 Å². The molecule has 0 bridgehead atoms. The summed E-state index contributed by atoms with van der Waals surface area (Å²) in [4.78, 5) is 34.0. The summed E-state index contributed by atoms with van der Waals surface area (Å²) in [6.45, 7) is 1.29. The van der Waals surface area contributed by atoms with Crippen LogP contribution in [0.15, 0.2) is 54.6 Å². The van der Waals surface area contributed by atoms with Crippen molar-refractivity contribution >= 4 is 17.6 Å². The smallest absolute Gasteiger partial charge is 0.345 e. The van der Waals surface area contributed by atoms with Crippen molar-refractivity contribution in [3.63, 3.8) is 0 Å². The normalized spacial score (nSPS) is 11.4. The average Bonchev–Trinajstić information content (AvgIpc) is 2.60. The van der Waals surface area contributed by atoms with Crippen LogP contribution < -0.4 is 5.32 Å². The van der Waals surface area contributed by atoms with Gasteiger partial charge in [0.15, 0.2) is 6.61 Å². The first-order chi connectivity index (χ1) is 11.5. The highest BCUT2D eigenvalue weighted by molar-refractivity contribution is 5.95. The van der Waals surface area contributed by atoms with E-state index >= 15 is 0 Å². The molecule has 0 aliphatic rings. The van der Waals surface area contributed by atoms with Crippen LogP contribution in [0.2, 0.25) is 0 Å². The van der Waals surface area contributed by atoms with E-state index < -0.39 is 23.4 Å². The van der Waals surface area contributed by atoms with Gasteiger partial charge in [-0.25, -0.2) is 4.79 Å². The summed E-state index contributed by atoms with van der Waals surface area (Å²) >= 11 is 0. The van der Waals surface area contributed by atoms with Crippen LogP contribution in [0.5, 0.6) is 0 Å². The number of nitro groups is 1. The SMILES string of the molecule is C[C@H](NC(=O)COC(=O)c1ccccc1[N+](=O)[O-])c1ccccc1. The molecular weight excluding hydrogens is 312 g/mol. The molecular formula is C17H16N2O5. The zero-order valence-electron chi connectivity index (χ0n) is 13.0. The predicted octanol–water partition coefficient (Wildman–Crippen LogP) is 2.63. The zero-order valence-corrected chi connectivity index (χ0v) is 13.0. The molecule has 0 spiro atoms. The Balaban J connectivity index is 1.92. The van der Waals surface area contributed by atoms with Gasteiger partial charge in [-0.1, -0.05) is 42.5 Å². The highest BCUT2D eigenvalue weighted by Gasteiger charge is 2.21. The lowest BCUT2D eigenvalue weighted by Crippen LogP contribution is -2.31. The summed E-state index contributed by atoms with van der Waals surface area (Å²) in [5.41, 5.74) is 0.364. The minimum absolute atomic E-state index is 0.189. The van der Waals surface area contributed by atoms with E-state index in [0.717, 1.165) is 5.56 Å². The fourth-order valence-electron chi connectivity index (χ4n) is 2.12. The number of esters is 1. The molecule has 7 heteroatoms. The van der Waals surface area contributed by atoms with Gasteiger partial charge < -0.3 is 10.1 Å². The van der Waals surface area contributed by atoms with Gasteiger partial charge >= 0.3 is 5.97 Å². The first kappa shape index (κ1) is 17.1. The number of rotatable bonds is 6. The molecule has 0 aliphatic carbocycles. The van der Waals surface area contributed by atoms with Gasteiger partial charge in [0.1, 0.15) is 5.56 Å². The van der Waals surface area contributed by atoms with Crippen molar-refractivity contribution in [3.8, 4) is 0 Å². The molecule has 0 aromatic heterocycles. The van der Waals surface area contributed by atoms with Gasteiger partial charge in [-0.05, 0) is 18.6 Å². The van der Waals surface area contributed by atoms with E-state index in [1.807, 2.05) is 30.3 Å². The Morgan fingerprint density at radius 1 is 1.12 bits per heavy atom. The quantitative estimate of drug-likeness (QED) is 0.499. The van der Waals surface area contributed by atoms with Crippen LogP contribution >= 0.6 is 0 Å². The number of carbonyl (C=O) groups excluding carboxylic acids is 2. The standard InChI is InChI=1S/C17H16N2O5/c1-12(13-7-3-2-4-8-13)18-16(20)11-24-17(21)14-9-5-6-10-15(14)19(22)23/h2-10,12H,11H2,1H3,(H,18,20)/t12-/m0/s1. The molecule has 7 nitrogen and oxygen atoms in total. The summed E-state index contributed by atoms with van der Waals surface area (Å²) < 4.78 is 4.86. The Kier molecular flexibility index (Phi) is 5.62. The largest absolute Gasteiger partial charge is 0.452 e. The number of hydrogen-bond acceptors (Lipinski definition) is 5. The third kappa shape index (κ3) is 4.39. The summed E-state index contributed by atoms with van der Waals surface area (Å²) in [5, 5.41) is 13.6. The molecule has 0 unspecified atom stereocenters. The summed E-state index contributed by atoms with van der Waals surface area (Å²) in [6.07, 6.45) is 0. The molecule has 2 aromatic rings. The maximum Gasteiger partial charge on any atom is 0.345 e. The van der Waals surface area contributed by atoms with Crippen LogP contribution in [-0.4, -0.2) is 23.4 Å². The highest BCUT2D eigenvalue weighted by Crippen LogP contribution is 2.18. The summed E-state index contributed by atoms with van der Waals surface area (Å²) in [7, 11) is 0. The van der Waals surface area contributed by atoms with E-state index in [-0.39, 0.29) is 17.3 Å². The molecule has 0 aliphatic heterocycles. The number of benzene rings is 2. The number of carbonyl (C=O) groups is 2. The molecule has 1 amide bonds. The molecule has 1 atom stereocenters. The fraction of sp³-hybridized carbons (Fsp3) is 0.176. The number of ether oxygens (including phenoxy) is 1. The monoisotopic (exact) mass is 328 g/mol. The minimum atomic E-state index is -0.912. The Hall–Kier alpha value is -3.22. The van der Waals surface area contributed by atoms with Crippen LogP contribution in [0.25, 0.3) is 0 Å². The van der Waals surface area contributed by atoms with Crippen LogP contribution in [0.1, 0.15) is 28.9 Å². The van der Waals surface area contributed by atoms with Crippen LogP contribution in [-0.2, 0) is 9.53 Å². The lowest BCUT2D eigenvalue weighted by Gasteiger charge is -2.14. The molecule has 2 rings (SSSR count). The van der Waals surface area contributed by atoms with Gasteiger partial charge in [-0.2, -0.15) is 0 Å². The molecule has 0 fully saturated rings. The lowest BCUT2D eigenvalue weighted by molar-refractivity contribution is -0.385. The van der Waals surface area contributed by atoms with Crippen molar-refractivity contribution in [2.24, 2.45) is 0 Å². The molecule has 1 N–H and O–H groups in total. The summed E-state index contributed by atoms with van der Waals surface area (Å²) in [5.74, 6) is -1.40. The number of nitro benzene ring substituents is 1. The number of amides is 1. The Bertz CT molecular complexity index is 746. The zero-order chi connectivity index (χ0) is 17.5. The average molecular weight is 328 g/mol. The second-order valence-electron chi connectivity index (χ2n) is 5.05. The van der Waals surface area contributed by atoms with Gasteiger partial charge in [0, 0.05) is 6.07 Å². The van der Waals surface area contributed by atoms with E-state index in [4.69, 9.17) is 4.74 Å². The lowest BCUT2D eigenvalue weighted by atomic mass is 10.1. The molecule has 24 heavy (non-hydrogen) atoms. The number of para-hydroxylation sites is 1. The first-order valence-corrected chi connectivity index (χ1v) is 7.24. The molecule has 0 saturated carbocycles. The van der Waals surface area contributed by atoms with E-state index in [9.17, 15) is 19.7 Å². The minimum Gasteiger partial charge on any atom is -0.452 e. The van der Waals surface area contributed by atoms with Gasteiger partial charge in [0.25, 0.3) is 11.6 Å². The first-order valence-electron chi connectivity index (χ1n) is 7.24. The van der Waals surface area contributed by atoms with E-state index in [1.54, 1.807) is 6.92 Å². The number of hydrogen-bond donors (Lipinski definition) is 1. The highest BCUT2D eigenvalue weighted by atomic mass is 16.6. The van der Waals surface area contributed by atoms with Crippen LogP contribution in [0, 0.1) is 10.1 Å². The van der Waals surface area contributed by atoms with Crippen molar-refractivity contribution in [2.75, 3.05) is 6.61 Å². The third-order valence-corrected chi connectivity index (χ3v) is 3.33. The molecule has 0 saturated heterocycles. The molecule has 0 heterocycles. The van der Waals surface area contributed by atoms with Gasteiger partial charge in [0.2, 0.25) is 0 Å². The Morgan fingerprint density at radius 3 is 2.42 bits per heavy atom. The van der Waals surface area contributed by atoms with E-state index in [1.165, 1.54) is 24.3 Å². The second kappa shape index (κ2) is 7.87. The van der Waals surface area contributed by atoms with Crippen LogP contribution in [0.3, 0.4) is 0 Å². The summed E-state index contributed by atoms with van der Waals surface area (Å²) in [6, 6.07) is 14.5. The van der Waals surface area contributed by atoms with Gasteiger partial charge in [-0.15, -0.1) is 0 Å². The van der Waals surface area contributed by atoms with E-state index in [2.05, 4.69) is 5.32 Å². The number of nitrogens with one attached hydrogen (secondary N) is 1. The predicted molar refractivity (Wildman–Crippen MR) is 86.4 cm³/mol. The van der Waals surface area contributed by atoms with Gasteiger partial charge in [0.05, 0.1) is 11.0 Å². The van der Waals surface area contributed by atoms with Crippen molar-refractivity contribution in [2.45, 2.75) is 13.0 Å². The Labute approximate surface area is 138 Å². The molecule has 2 aromatic carbocycles. The fourth-order valence-corrected chi connectivity index (χ4v) is 2.12. The molecule has 124 valence electrons. The topological polar surface area (TPSA) is 98.5 Å². The van der Waals surface area contributed by atoms with Crippen molar-refractivity contribution < 1.29 is 19.2 Å².